The lowest BCUT2D eigenvalue weighted by Gasteiger charge is -2.40. The monoisotopic (exact) mass is 679 g/mol. The van der Waals surface area contributed by atoms with Gasteiger partial charge in [-0.05, 0) is 91.1 Å². The number of hydrogen-bond donors (Lipinski definition) is 3. The van der Waals surface area contributed by atoms with Gasteiger partial charge in [-0.25, -0.2) is 13.6 Å². The molecule has 1 spiro atoms. The summed E-state index contributed by atoms with van der Waals surface area (Å²) < 4.78 is 37.9. The molecule has 0 radical (unpaired) electrons. The molecule has 2 aromatic carbocycles. The smallest absolute Gasteiger partial charge is 0.319 e. The van der Waals surface area contributed by atoms with Crippen molar-refractivity contribution in [1.29, 1.82) is 0 Å². The quantitative estimate of drug-likeness (QED) is 0.262. The van der Waals surface area contributed by atoms with Crippen LogP contribution in [0.4, 0.5) is 19.4 Å². The molecule has 4 aliphatic rings. The van der Waals surface area contributed by atoms with Crippen molar-refractivity contribution in [1.82, 2.24) is 30.5 Å². The van der Waals surface area contributed by atoms with Gasteiger partial charge in [0.25, 0.3) is 0 Å². The van der Waals surface area contributed by atoms with Crippen molar-refractivity contribution in [2.45, 2.75) is 49.6 Å². The fourth-order valence-electron chi connectivity index (χ4n) is 7.88. The number of rotatable bonds is 5. The molecule has 0 saturated carbocycles. The van der Waals surface area contributed by atoms with E-state index in [1.807, 2.05) is 4.90 Å². The van der Waals surface area contributed by atoms with E-state index in [1.54, 1.807) is 0 Å². The van der Waals surface area contributed by atoms with Crippen LogP contribution in [0.15, 0.2) is 34.9 Å². The van der Waals surface area contributed by atoms with Crippen molar-refractivity contribution in [3.05, 3.63) is 46.6 Å². The van der Waals surface area contributed by atoms with Gasteiger partial charge in [-0.2, -0.15) is 9.97 Å². The first-order valence-electron chi connectivity index (χ1n) is 15.4. The van der Waals surface area contributed by atoms with Gasteiger partial charge < -0.3 is 25.4 Å². The number of anilines is 1. The Balaban J connectivity index is 1.27. The van der Waals surface area contributed by atoms with Crippen molar-refractivity contribution in [3.63, 3.8) is 0 Å². The molecule has 4 aliphatic heterocycles. The molecule has 0 bridgehead atoms. The molecule has 4 fully saturated rings. The maximum Gasteiger partial charge on any atom is 0.319 e. The first kappa shape index (κ1) is 28.6. The van der Waals surface area contributed by atoms with Crippen molar-refractivity contribution >= 4 is 49.5 Å². The highest BCUT2D eigenvalue weighted by Crippen LogP contribution is 2.42. The Bertz CT molecular complexity index is 1870. The van der Waals surface area contributed by atoms with Crippen LogP contribution in [0, 0.1) is 11.6 Å². The number of phenols is 1. The third-order valence-electron chi connectivity index (χ3n) is 10.0. The lowest BCUT2D eigenvalue weighted by atomic mass is 9.90. The molecule has 8 rings (SSSR count). The van der Waals surface area contributed by atoms with Crippen LogP contribution in [-0.4, -0.2) is 81.4 Å². The standard InChI is InChI=1S/C32H32BrF2N7O3/c33-24-22(34)5-4-18-12-19(43)13-20(23(18)24)26-25(35)27-21(14-36-26)28(41-9-1-6-31(16-41)15-37-29(44)40-31)39-30(38-27)45-17-32-7-2-10-42(32)11-3-8-32/h4-5,12-14,43H,1-3,6-11,15-17H2,(H2,37,40,44). The number of hydrogen-bond acceptors (Lipinski definition) is 8. The number of carbonyl (C=O) groups is 1. The minimum Gasteiger partial charge on any atom is -0.508 e. The van der Waals surface area contributed by atoms with E-state index in [4.69, 9.17) is 9.72 Å². The van der Waals surface area contributed by atoms with Crippen molar-refractivity contribution in [3.8, 4) is 23.0 Å². The van der Waals surface area contributed by atoms with E-state index in [2.05, 4.69) is 41.4 Å². The predicted molar refractivity (Wildman–Crippen MR) is 169 cm³/mol. The van der Waals surface area contributed by atoms with Gasteiger partial charge in [-0.15, -0.1) is 0 Å². The van der Waals surface area contributed by atoms with Gasteiger partial charge >= 0.3 is 12.0 Å². The molecule has 3 N–H and O–H groups in total. The highest BCUT2D eigenvalue weighted by molar-refractivity contribution is 9.10. The molecule has 0 aliphatic carbocycles. The van der Waals surface area contributed by atoms with E-state index in [-0.39, 0.29) is 44.6 Å². The van der Waals surface area contributed by atoms with Crippen LogP contribution in [0.5, 0.6) is 11.8 Å². The van der Waals surface area contributed by atoms with Crippen LogP contribution in [0.3, 0.4) is 0 Å². The Labute approximate surface area is 266 Å². The van der Waals surface area contributed by atoms with Crippen LogP contribution in [0.1, 0.15) is 38.5 Å². The number of aromatic nitrogens is 3. The van der Waals surface area contributed by atoms with E-state index in [0.717, 1.165) is 51.6 Å². The average Bonchev–Trinajstić information content (AvgIpc) is 3.72. The predicted octanol–water partition coefficient (Wildman–Crippen LogP) is 5.25. The van der Waals surface area contributed by atoms with E-state index in [9.17, 15) is 14.3 Å². The number of nitrogens with one attached hydrogen (secondary N) is 2. The summed E-state index contributed by atoms with van der Waals surface area (Å²) in [5.74, 6) is -0.871. The third kappa shape index (κ3) is 4.73. The number of ether oxygens (including phenoxy) is 1. The zero-order chi connectivity index (χ0) is 30.9. The molecule has 4 aromatic rings. The zero-order valence-corrected chi connectivity index (χ0v) is 26.1. The summed E-state index contributed by atoms with van der Waals surface area (Å²) >= 11 is 3.31. The fourth-order valence-corrected chi connectivity index (χ4v) is 8.45. The van der Waals surface area contributed by atoms with Crippen molar-refractivity contribution in [2.24, 2.45) is 0 Å². The first-order valence-corrected chi connectivity index (χ1v) is 16.2. The molecule has 2 amide bonds. The van der Waals surface area contributed by atoms with E-state index in [1.165, 1.54) is 30.5 Å². The van der Waals surface area contributed by atoms with E-state index in [0.29, 0.717) is 48.2 Å². The summed E-state index contributed by atoms with van der Waals surface area (Å²) in [6, 6.07) is 5.55. The molecule has 1 atom stereocenters. The van der Waals surface area contributed by atoms with Gasteiger partial charge in [0.2, 0.25) is 0 Å². The normalized spacial score (nSPS) is 22.7. The van der Waals surface area contributed by atoms with Crippen molar-refractivity contribution < 1.29 is 23.4 Å². The average molecular weight is 681 g/mol. The van der Waals surface area contributed by atoms with Gasteiger partial charge in [-0.1, -0.05) is 6.07 Å². The largest absolute Gasteiger partial charge is 0.508 e. The maximum atomic E-state index is 16.8. The van der Waals surface area contributed by atoms with E-state index >= 15 is 4.39 Å². The molecule has 2 aromatic heterocycles. The Morgan fingerprint density at radius 2 is 1.87 bits per heavy atom. The number of benzene rings is 2. The molecular formula is C32H32BrF2N7O3. The fraction of sp³-hybridized carbons (Fsp3) is 0.438. The minimum absolute atomic E-state index is 0.0180. The molecule has 234 valence electrons. The number of halogens is 3. The van der Waals surface area contributed by atoms with Crippen LogP contribution < -0.4 is 20.3 Å². The number of piperidine rings is 1. The number of phenolic OH excluding ortho intramolecular Hbond substituents is 1. The molecule has 45 heavy (non-hydrogen) atoms. The molecule has 1 unspecified atom stereocenters. The number of pyridine rings is 1. The van der Waals surface area contributed by atoms with Gasteiger partial charge in [0.05, 0.1) is 20.9 Å². The molecule has 4 saturated heterocycles. The zero-order valence-electron chi connectivity index (χ0n) is 24.5. The highest BCUT2D eigenvalue weighted by atomic mass is 79.9. The third-order valence-corrected chi connectivity index (χ3v) is 10.8. The second-order valence-corrected chi connectivity index (χ2v) is 13.6. The number of urea groups is 1. The summed E-state index contributed by atoms with van der Waals surface area (Å²) in [7, 11) is 0. The second-order valence-electron chi connectivity index (χ2n) is 12.8. The maximum absolute atomic E-state index is 16.8. The lowest BCUT2D eigenvalue weighted by Crippen LogP contribution is -2.56. The highest BCUT2D eigenvalue weighted by Gasteiger charge is 2.45. The summed E-state index contributed by atoms with van der Waals surface area (Å²) in [6.45, 7) is 4.10. The summed E-state index contributed by atoms with van der Waals surface area (Å²) in [5, 5.41) is 17.8. The van der Waals surface area contributed by atoms with Gasteiger partial charge in [0.1, 0.15) is 35.2 Å². The molecule has 6 heterocycles. The van der Waals surface area contributed by atoms with Crippen molar-refractivity contribution in [2.75, 3.05) is 44.2 Å². The first-order chi connectivity index (χ1) is 21.7. The number of nitrogens with zero attached hydrogens (tertiary/aromatic N) is 5. The second kappa shape index (κ2) is 10.6. The number of aromatic hydroxyl groups is 1. The van der Waals surface area contributed by atoms with Gasteiger partial charge in [0.15, 0.2) is 5.82 Å². The number of carbonyl (C=O) groups excluding carboxylic acids is 1. The molecule has 10 nitrogen and oxygen atoms in total. The Morgan fingerprint density at radius 1 is 1.07 bits per heavy atom. The SMILES string of the molecule is O=C1NCC2(CCCN(c3nc(OCC45CCCN4CCC5)nc4c(F)c(-c5cc(O)cc6ccc(F)c(Br)c56)ncc34)C2)N1. The van der Waals surface area contributed by atoms with E-state index < -0.39 is 17.2 Å². The van der Waals surface area contributed by atoms with Crippen LogP contribution >= 0.6 is 15.9 Å². The number of fused-ring (bicyclic) bond motifs is 3. The van der Waals surface area contributed by atoms with Crippen LogP contribution in [0.25, 0.3) is 32.9 Å². The van der Waals surface area contributed by atoms with Gasteiger partial charge in [-0.3, -0.25) is 9.88 Å². The topological polar surface area (TPSA) is 116 Å². The summed E-state index contributed by atoms with van der Waals surface area (Å²) in [5.41, 5.74) is -0.370. The minimum atomic E-state index is -0.729. The Kier molecular flexibility index (Phi) is 6.75. The summed E-state index contributed by atoms with van der Waals surface area (Å²) in [4.78, 5) is 30.6. The Hall–Kier alpha value is -3.84. The molecular weight excluding hydrogens is 648 g/mol. The lowest BCUT2D eigenvalue weighted by molar-refractivity contribution is 0.108. The molecule has 13 heteroatoms. The number of amides is 2. The summed E-state index contributed by atoms with van der Waals surface area (Å²) in [6.07, 6.45) is 7.42. The van der Waals surface area contributed by atoms with Crippen LogP contribution in [-0.2, 0) is 0 Å². The Morgan fingerprint density at radius 3 is 2.64 bits per heavy atom. The van der Waals surface area contributed by atoms with Gasteiger partial charge in [0, 0.05) is 36.8 Å². The van der Waals surface area contributed by atoms with Crippen LogP contribution in [0.2, 0.25) is 0 Å².